The van der Waals surface area contributed by atoms with Gasteiger partial charge >= 0.3 is 5.69 Å². The monoisotopic (exact) mass is 385 g/mol. The molecular formula is C22H15N3O4. The largest absolute Gasteiger partial charge is 0.502 e. The molecule has 3 aromatic carbocycles. The fraction of sp³-hybridized carbons (Fsp3) is 0. The van der Waals surface area contributed by atoms with Gasteiger partial charge in [0.1, 0.15) is 5.82 Å². The van der Waals surface area contributed by atoms with E-state index >= 15 is 0 Å². The molecule has 0 bridgehead atoms. The third-order valence-corrected chi connectivity index (χ3v) is 4.44. The molecule has 0 spiro atoms. The molecule has 142 valence electrons. The third-order valence-electron chi connectivity index (χ3n) is 4.44. The van der Waals surface area contributed by atoms with Gasteiger partial charge in [-0.2, -0.15) is 0 Å². The van der Waals surface area contributed by atoms with Crippen LogP contribution in [-0.2, 0) is 0 Å². The van der Waals surface area contributed by atoms with Gasteiger partial charge in [0.15, 0.2) is 5.75 Å². The number of nitrogens with zero attached hydrogens (tertiary/aromatic N) is 3. The van der Waals surface area contributed by atoms with Crippen LogP contribution in [0.4, 0.5) is 5.69 Å². The van der Waals surface area contributed by atoms with E-state index in [0.29, 0.717) is 28.0 Å². The summed E-state index contributed by atoms with van der Waals surface area (Å²) in [7, 11) is 0. The zero-order chi connectivity index (χ0) is 20.4. The Kier molecular flexibility index (Phi) is 4.62. The van der Waals surface area contributed by atoms with Gasteiger partial charge in [-0.1, -0.05) is 42.5 Å². The minimum atomic E-state index is -0.652. The van der Waals surface area contributed by atoms with Gasteiger partial charge in [-0.15, -0.1) is 0 Å². The zero-order valence-corrected chi connectivity index (χ0v) is 15.1. The minimum absolute atomic E-state index is 0.210. The van der Waals surface area contributed by atoms with Gasteiger partial charge in [-0.25, -0.2) is 4.98 Å². The van der Waals surface area contributed by atoms with Gasteiger partial charge < -0.3 is 5.11 Å². The molecule has 0 unspecified atom stereocenters. The number of nitro benzene ring substituents is 1. The van der Waals surface area contributed by atoms with Crippen LogP contribution in [0.1, 0.15) is 11.4 Å². The third kappa shape index (κ3) is 3.49. The van der Waals surface area contributed by atoms with E-state index in [4.69, 9.17) is 0 Å². The smallest absolute Gasteiger partial charge is 0.311 e. The molecule has 29 heavy (non-hydrogen) atoms. The lowest BCUT2D eigenvalue weighted by Gasteiger charge is -2.11. The van der Waals surface area contributed by atoms with Gasteiger partial charge in [0.25, 0.3) is 5.56 Å². The predicted molar refractivity (Wildman–Crippen MR) is 111 cm³/mol. The van der Waals surface area contributed by atoms with Crippen molar-refractivity contribution in [1.29, 1.82) is 0 Å². The summed E-state index contributed by atoms with van der Waals surface area (Å²) in [5.74, 6) is -0.0206. The Balaban J connectivity index is 1.89. The van der Waals surface area contributed by atoms with Crippen molar-refractivity contribution in [1.82, 2.24) is 9.55 Å². The predicted octanol–water partition coefficient (Wildman–Crippen LogP) is 4.17. The first-order valence-corrected chi connectivity index (χ1v) is 8.77. The highest BCUT2D eigenvalue weighted by Crippen LogP contribution is 2.27. The number of rotatable bonds is 4. The molecular weight excluding hydrogens is 370 g/mol. The molecule has 1 aromatic heterocycles. The van der Waals surface area contributed by atoms with Crippen molar-refractivity contribution in [3.63, 3.8) is 0 Å². The molecule has 4 aromatic rings. The van der Waals surface area contributed by atoms with Crippen LogP contribution in [0.2, 0.25) is 0 Å². The topological polar surface area (TPSA) is 98.3 Å². The van der Waals surface area contributed by atoms with Crippen molar-refractivity contribution < 1.29 is 10.0 Å². The zero-order valence-electron chi connectivity index (χ0n) is 15.1. The van der Waals surface area contributed by atoms with E-state index in [9.17, 15) is 20.0 Å². The maximum Gasteiger partial charge on any atom is 0.311 e. The van der Waals surface area contributed by atoms with Gasteiger partial charge in [0.05, 0.1) is 21.5 Å². The van der Waals surface area contributed by atoms with Crippen LogP contribution in [0.25, 0.3) is 28.7 Å². The number of hydrogen-bond acceptors (Lipinski definition) is 5. The molecule has 0 fully saturated rings. The first kappa shape index (κ1) is 18.1. The Morgan fingerprint density at radius 3 is 2.45 bits per heavy atom. The maximum absolute atomic E-state index is 13.1. The molecule has 0 saturated carbocycles. The summed E-state index contributed by atoms with van der Waals surface area (Å²) < 4.78 is 1.49. The van der Waals surface area contributed by atoms with Gasteiger partial charge in [-0.05, 0) is 42.0 Å². The fourth-order valence-corrected chi connectivity index (χ4v) is 3.05. The van der Waals surface area contributed by atoms with E-state index in [2.05, 4.69) is 4.98 Å². The molecule has 1 N–H and O–H groups in total. The highest BCUT2D eigenvalue weighted by molar-refractivity contribution is 5.80. The average molecular weight is 385 g/mol. The molecule has 0 amide bonds. The number of aromatic nitrogens is 2. The summed E-state index contributed by atoms with van der Waals surface area (Å²) in [6, 6.07) is 20.3. The fourth-order valence-electron chi connectivity index (χ4n) is 3.05. The first-order chi connectivity index (χ1) is 14.0. The highest BCUT2D eigenvalue weighted by Gasteiger charge is 2.13. The number of nitro groups is 1. The number of hydrogen-bond donors (Lipinski definition) is 1. The Bertz CT molecular complexity index is 1310. The summed E-state index contributed by atoms with van der Waals surface area (Å²) in [5.41, 5.74) is 1.11. The van der Waals surface area contributed by atoms with Crippen LogP contribution in [-0.4, -0.2) is 19.6 Å². The van der Waals surface area contributed by atoms with Crippen molar-refractivity contribution in [3.05, 3.63) is 105 Å². The SMILES string of the molecule is O=c1c2ccccc2nc(/C=C/c2ccc(O)c([N+](=O)[O-])c2)n1-c1ccccc1. The van der Waals surface area contributed by atoms with Crippen LogP contribution in [0.15, 0.2) is 77.6 Å². The molecule has 7 heteroatoms. The molecule has 4 rings (SSSR count). The van der Waals surface area contributed by atoms with Crippen molar-refractivity contribution in [3.8, 4) is 11.4 Å². The number of phenols is 1. The molecule has 0 atom stereocenters. The lowest BCUT2D eigenvalue weighted by atomic mass is 10.1. The summed E-state index contributed by atoms with van der Waals surface area (Å²) >= 11 is 0. The van der Waals surface area contributed by atoms with Crippen molar-refractivity contribution in [2.75, 3.05) is 0 Å². The van der Waals surface area contributed by atoms with Crippen LogP contribution in [0.3, 0.4) is 0 Å². The summed E-state index contributed by atoms with van der Waals surface area (Å²) in [6.45, 7) is 0. The van der Waals surface area contributed by atoms with Crippen LogP contribution in [0.5, 0.6) is 5.75 Å². The average Bonchev–Trinajstić information content (AvgIpc) is 2.73. The summed E-state index contributed by atoms with van der Waals surface area (Å²) in [5, 5.41) is 21.2. The van der Waals surface area contributed by atoms with Gasteiger partial charge in [0, 0.05) is 6.07 Å². The number of benzene rings is 3. The molecule has 0 aliphatic carbocycles. The summed E-state index contributed by atoms with van der Waals surface area (Å²) in [4.78, 5) is 28.1. The second kappa shape index (κ2) is 7.40. The maximum atomic E-state index is 13.1. The summed E-state index contributed by atoms with van der Waals surface area (Å²) in [6.07, 6.45) is 3.24. The quantitative estimate of drug-likeness (QED) is 0.420. The Hall–Kier alpha value is -4.26. The molecule has 7 nitrogen and oxygen atoms in total. The lowest BCUT2D eigenvalue weighted by Crippen LogP contribution is -2.22. The van der Waals surface area contributed by atoms with Crippen LogP contribution < -0.4 is 5.56 Å². The highest BCUT2D eigenvalue weighted by atomic mass is 16.6. The van der Waals surface area contributed by atoms with E-state index in [-0.39, 0.29) is 11.2 Å². The van der Waals surface area contributed by atoms with E-state index in [1.807, 2.05) is 18.2 Å². The Morgan fingerprint density at radius 1 is 0.966 bits per heavy atom. The van der Waals surface area contributed by atoms with Gasteiger partial charge in [-0.3, -0.25) is 19.5 Å². The molecule has 0 aliphatic heterocycles. The standard InChI is InChI=1S/C22H15N3O4/c26-20-12-10-15(14-19(20)25(28)29)11-13-21-23-18-9-5-4-8-17(18)22(27)24(21)16-6-2-1-3-7-16/h1-14,26H/b13-11+. The second-order valence-electron chi connectivity index (χ2n) is 6.30. The van der Waals surface area contributed by atoms with Crippen molar-refractivity contribution in [2.45, 2.75) is 0 Å². The van der Waals surface area contributed by atoms with E-state index in [1.54, 1.807) is 54.6 Å². The lowest BCUT2D eigenvalue weighted by molar-refractivity contribution is -0.385. The Labute approximate surface area is 165 Å². The van der Waals surface area contributed by atoms with E-state index in [0.717, 1.165) is 0 Å². The molecule has 0 saturated heterocycles. The van der Waals surface area contributed by atoms with E-state index in [1.165, 1.54) is 16.7 Å². The van der Waals surface area contributed by atoms with Crippen LogP contribution in [0, 0.1) is 10.1 Å². The molecule has 1 heterocycles. The number of aromatic hydroxyl groups is 1. The number of fused-ring (bicyclic) bond motifs is 1. The number of phenolic OH excluding ortho intramolecular Hbond substituents is 1. The number of para-hydroxylation sites is 2. The Morgan fingerprint density at radius 2 is 1.69 bits per heavy atom. The van der Waals surface area contributed by atoms with E-state index < -0.39 is 10.7 Å². The normalized spacial score (nSPS) is 11.2. The van der Waals surface area contributed by atoms with Crippen molar-refractivity contribution >= 4 is 28.7 Å². The minimum Gasteiger partial charge on any atom is -0.502 e. The second-order valence-corrected chi connectivity index (χ2v) is 6.30. The van der Waals surface area contributed by atoms with Crippen molar-refractivity contribution in [2.24, 2.45) is 0 Å². The first-order valence-electron chi connectivity index (χ1n) is 8.77. The van der Waals surface area contributed by atoms with Crippen LogP contribution >= 0.6 is 0 Å². The molecule has 0 aliphatic rings. The van der Waals surface area contributed by atoms with Gasteiger partial charge in [0.2, 0.25) is 0 Å². The molecule has 0 radical (unpaired) electrons.